The Bertz CT molecular complexity index is 726. The highest BCUT2D eigenvalue weighted by molar-refractivity contribution is 6.01. The average Bonchev–Trinajstić information content (AvgIpc) is 3.10. The number of hydrogen-bond acceptors (Lipinski definition) is 6. The number of carbonyl (C=O) groups excluding carboxylic acids is 1. The van der Waals surface area contributed by atoms with Gasteiger partial charge >= 0.3 is 0 Å². The maximum absolute atomic E-state index is 11.8. The Hall–Kier alpha value is -3.22. The second kappa shape index (κ2) is 6.49. The normalized spacial score (nSPS) is 10.2. The SMILES string of the molecule is O=C(Nc1ccc(NCc2ccncc2)nn1)c1ccco1. The van der Waals surface area contributed by atoms with E-state index in [1.54, 1.807) is 36.7 Å². The van der Waals surface area contributed by atoms with E-state index in [4.69, 9.17) is 4.42 Å². The molecule has 0 aliphatic heterocycles. The van der Waals surface area contributed by atoms with Crippen LogP contribution >= 0.6 is 0 Å². The van der Waals surface area contributed by atoms with E-state index in [1.165, 1.54) is 6.26 Å². The van der Waals surface area contributed by atoms with Crippen LogP contribution < -0.4 is 10.6 Å². The molecule has 0 bridgehead atoms. The van der Waals surface area contributed by atoms with Crippen LogP contribution in [0.4, 0.5) is 11.6 Å². The van der Waals surface area contributed by atoms with Gasteiger partial charge in [0.1, 0.15) is 5.82 Å². The number of nitrogens with one attached hydrogen (secondary N) is 2. The van der Waals surface area contributed by atoms with E-state index in [1.807, 2.05) is 12.1 Å². The van der Waals surface area contributed by atoms with Crippen molar-refractivity contribution in [3.8, 4) is 0 Å². The zero-order valence-corrected chi connectivity index (χ0v) is 11.6. The first-order valence-corrected chi connectivity index (χ1v) is 6.62. The molecule has 0 aliphatic rings. The molecule has 0 aliphatic carbocycles. The van der Waals surface area contributed by atoms with Gasteiger partial charge in [-0.15, -0.1) is 10.2 Å². The van der Waals surface area contributed by atoms with Gasteiger partial charge in [-0.25, -0.2) is 0 Å². The van der Waals surface area contributed by atoms with Crippen LogP contribution in [-0.2, 0) is 6.54 Å². The molecule has 0 unspecified atom stereocenters. The molecule has 0 saturated heterocycles. The van der Waals surface area contributed by atoms with Crippen LogP contribution in [0.1, 0.15) is 16.1 Å². The van der Waals surface area contributed by atoms with Gasteiger partial charge < -0.3 is 15.1 Å². The van der Waals surface area contributed by atoms with Gasteiger partial charge in [-0.2, -0.15) is 0 Å². The summed E-state index contributed by atoms with van der Waals surface area (Å²) in [4.78, 5) is 15.7. The predicted octanol–water partition coefficient (Wildman–Crippen LogP) is 2.33. The number of carbonyl (C=O) groups is 1. The average molecular weight is 295 g/mol. The summed E-state index contributed by atoms with van der Waals surface area (Å²) in [5.74, 6) is 0.835. The Morgan fingerprint density at radius 2 is 1.82 bits per heavy atom. The summed E-state index contributed by atoms with van der Waals surface area (Å²) >= 11 is 0. The zero-order chi connectivity index (χ0) is 15.2. The van der Waals surface area contributed by atoms with Crippen LogP contribution in [0.2, 0.25) is 0 Å². The van der Waals surface area contributed by atoms with Crippen molar-refractivity contribution in [1.82, 2.24) is 15.2 Å². The Morgan fingerprint density at radius 3 is 2.50 bits per heavy atom. The highest BCUT2D eigenvalue weighted by Gasteiger charge is 2.09. The van der Waals surface area contributed by atoms with Gasteiger partial charge in [0.2, 0.25) is 0 Å². The van der Waals surface area contributed by atoms with Gasteiger partial charge in [-0.05, 0) is 42.0 Å². The molecule has 0 saturated carbocycles. The second-order valence-corrected chi connectivity index (χ2v) is 4.44. The highest BCUT2D eigenvalue weighted by Crippen LogP contribution is 2.09. The van der Waals surface area contributed by atoms with Crippen molar-refractivity contribution in [2.75, 3.05) is 10.6 Å². The fraction of sp³-hybridized carbons (Fsp3) is 0.0667. The van der Waals surface area contributed by atoms with Crippen molar-refractivity contribution in [2.24, 2.45) is 0 Å². The van der Waals surface area contributed by atoms with E-state index in [0.717, 1.165) is 5.56 Å². The minimum atomic E-state index is -0.364. The molecule has 7 nitrogen and oxygen atoms in total. The van der Waals surface area contributed by atoms with Gasteiger partial charge in [-0.1, -0.05) is 0 Å². The van der Waals surface area contributed by atoms with Crippen molar-refractivity contribution in [3.05, 3.63) is 66.4 Å². The molecule has 3 aromatic rings. The maximum atomic E-state index is 11.8. The Balaban J connectivity index is 1.57. The minimum Gasteiger partial charge on any atom is -0.459 e. The molecule has 0 aromatic carbocycles. The third kappa shape index (κ3) is 3.45. The summed E-state index contributed by atoms with van der Waals surface area (Å²) in [5.41, 5.74) is 1.09. The van der Waals surface area contributed by atoms with Gasteiger partial charge in [0.25, 0.3) is 5.91 Å². The summed E-state index contributed by atoms with van der Waals surface area (Å²) in [6.45, 7) is 0.620. The topological polar surface area (TPSA) is 92.9 Å². The van der Waals surface area contributed by atoms with Crippen molar-refractivity contribution in [3.63, 3.8) is 0 Å². The molecule has 7 heteroatoms. The molecule has 3 rings (SSSR count). The molecule has 3 aromatic heterocycles. The first kappa shape index (κ1) is 13.7. The molecule has 0 radical (unpaired) electrons. The third-order valence-electron chi connectivity index (χ3n) is 2.87. The number of rotatable bonds is 5. The fourth-order valence-electron chi connectivity index (χ4n) is 1.77. The Kier molecular flexibility index (Phi) is 4.05. The zero-order valence-electron chi connectivity index (χ0n) is 11.6. The van der Waals surface area contributed by atoms with E-state index >= 15 is 0 Å². The number of furan rings is 1. The first-order chi connectivity index (χ1) is 10.8. The van der Waals surface area contributed by atoms with Gasteiger partial charge in [-0.3, -0.25) is 9.78 Å². The molecule has 0 fully saturated rings. The van der Waals surface area contributed by atoms with E-state index in [-0.39, 0.29) is 11.7 Å². The number of hydrogen-bond donors (Lipinski definition) is 2. The van der Waals surface area contributed by atoms with Gasteiger partial charge in [0.05, 0.1) is 6.26 Å². The van der Waals surface area contributed by atoms with Crippen LogP contribution in [-0.4, -0.2) is 21.1 Å². The molecular weight excluding hydrogens is 282 g/mol. The van der Waals surface area contributed by atoms with Crippen LogP contribution in [0, 0.1) is 0 Å². The third-order valence-corrected chi connectivity index (χ3v) is 2.87. The number of aromatic nitrogens is 3. The molecule has 110 valence electrons. The van der Waals surface area contributed by atoms with Crippen LogP contribution in [0.15, 0.2) is 59.5 Å². The number of amides is 1. The van der Waals surface area contributed by atoms with Crippen molar-refractivity contribution < 1.29 is 9.21 Å². The predicted molar refractivity (Wildman–Crippen MR) is 80.3 cm³/mol. The lowest BCUT2D eigenvalue weighted by molar-refractivity contribution is 0.0996. The van der Waals surface area contributed by atoms with Crippen LogP contribution in [0.3, 0.4) is 0 Å². The van der Waals surface area contributed by atoms with E-state index in [9.17, 15) is 4.79 Å². The Morgan fingerprint density at radius 1 is 1.05 bits per heavy atom. The minimum absolute atomic E-state index is 0.224. The highest BCUT2D eigenvalue weighted by atomic mass is 16.3. The molecule has 0 spiro atoms. The van der Waals surface area contributed by atoms with Crippen molar-refractivity contribution in [1.29, 1.82) is 0 Å². The van der Waals surface area contributed by atoms with Gasteiger partial charge in [0.15, 0.2) is 11.6 Å². The van der Waals surface area contributed by atoms with Crippen molar-refractivity contribution >= 4 is 17.5 Å². The monoisotopic (exact) mass is 295 g/mol. The largest absolute Gasteiger partial charge is 0.459 e. The fourth-order valence-corrected chi connectivity index (χ4v) is 1.77. The second-order valence-electron chi connectivity index (χ2n) is 4.44. The van der Waals surface area contributed by atoms with E-state index in [0.29, 0.717) is 18.2 Å². The summed E-state index contributed by atoms with van der Waals surface area (Å²) < 4.78 is 5.00. The lowest BCUT2D eigenvalue weighted by Gasteiger charge is -2.06. The first-order valence-electron chi connectivity index (χ1n) is 6.62. The number of nitrogens with zero attached hydrogens (tertiary/aromatic N) is 3. The summed E-state index contributed by atoms with van der Waals surface area (Å²) in [6, 6.07) is 10.5. The maximum Gasteiger partial charge on any atom is 0.292 e. The number of pyridine rings is 1. The molecule has 1 amide bonds. The standard InChI is InChI=1S/C15H13N5O2/c21-15(12-2-1-9-22-12)18-14-4-3-13(19-20-14)17-10-11-5-7-16-8-6-11/h1-9H,10H2,(H,17,19)(H,18,20,21). The van der Waals surface area contributed by atoms with Crippen LogP contribution in [0.25, 0.3) is 0 Å². The quantitative estimate of drug-likeness (QED) is 0.750. The van der Waals surface area contributed by atoms with Crippen molar-refractivity contribution in [2.45, 2.75) is 6.54 Å². The summed E-state index contributed by atoms with van der Waals surface area (Å²) in [5, 5.41) is 13.7. The lowest BCUT2D eigenvalue weighted by atomic mass is 10.3. The van der Waals surface area contributed by atoms with E-state index < -0.39 is 0 Å². The summed E-state index contributed by atoms with van der Waals surface area (Å²) in [6.07, 6.45) is 4.90. The molecule has 2 N–H and O–H groups in total. The Labute approximate surface area is 126 Å². The lowest BCUT2D eigenvalue weighted by Crippen LogP contribution is -2.13. The summed E-state index contributed by atoms with van der Waals surface area (Å²) in [7, 11) is 0. The molecular formula is C15H13N5O2. The molecule has 22 heavy (non-hydrogen) atoms. The van der Waals surface area contributed by atoms with Crippen LogP contribution in [0.5, 0.6) is 0 Å². The van der Waals surface area contributed by atoms with Gasteiger partial charge in [0, 0.05) is 18.9 Å². The molecule has 3 heterocycles. The molecule has 0 atom stereocenters. The number of anilines is 2. The smallest absolute Gasteiger partial charge is 0.292 e. The van der Waals surface area contributed by atoms with E-state index in [2.05, 4.69) is 25.8 Å².